The lowest BCUT2D eigenvalue weighted by molar-refractivity contribution is -0.179. The molecule has 0 aromatic rings. The fourth-order valence-electron chi connectivity index (χ4n) is 2.81. The lowest BCUT2D eigenvalue weighted by atomic mass is 9.81. The number of hydrogen-bond donors (Lipinski definition) is 0. The van der Waals surface area contributed by atoms with Crippen LogP contribution in [0.2, 0.25) is 6.04 Å². The summed E-state index contributed by atoms with van der Waals surface area (Å²) in [7, 11) is -2.59. The smallest absolute Gasteiger partial charge is 0.380 e. The third-order valence-electron chi connectivity index (χ3n) is 3.97. The zero-order valence-corrected chi connectivity index (χ0v) is 16.0. The van der Waals surface area contributed by atoms with Crippen LogP contribution in [-0.4, -0.2) is 54.5 Å². The van der Waals surface area contributed by atoms with Gasteiger partial charge in [-0.3, -0.25) is 0 Å². The van der Waals surface area contributed by atoms with Crippen molar-refractivity contribution in [2.24, 2.45) is 5.41 Å². The lowest BCUT2D eigenvalue weighted by Crippen LogP contribution is -2.52. The van der Waals surface area contributed by atoms with Gasteiger partial charge in [0.05, 0.1) is 19.3 Å². The molecule has 0 saturated carbocycles. The van der Waals surface area contributed by atoms with Gasteiger partial charge < -0.3 is 22.8 Å². The van der Waals surface area contributed by atoms with Gasteiger partial charge in [-0.1, -0.05) is 13.8 Å². The van der Waals surface area contributed by atoms with Crippen molar-refractivity contribution >= 4 is 8.80 Å². The van der Waals surface area contributed by atoms with Gasteiger partial charge in [-0.2, -0.15) is 0 Å². The van der Waals surface area contributed by atoms with E-state index in [1.54, 1.807) is 0 Å². The van der Waals surface area contributed by atoms with Crippen molar-refractivity contribution < 1.29 is 22.8 Å². The molecule has 0 aromatic carbocycles. The van der Waals surface area contributed by atoms with E-state index in [-0.39, 0.29) is 11.5 Å². The third-order valence-corrected chi connectivity index (χ3v) is 7.06. The Morgan fingerprint density at radius 3 is 1.91 bits per heavy atom. The molecule has 22 heavy (non-hydrogen) atoms. The summed E-state index contributed by atoms with van der Waals surface area (Å²) in [5.41, 5.74) is 0.111. The van der Waals surface area contributed by atoms with Crippen molar-refractivity contribution in [1.82, 2.24) is 0 Å². The summed E-state index contributed by atoms with van der Waals surface area (Å²) in [6.07, 6.45) is 2.10. The van der Waals surface area contributed by atoms with Gasteiger partial charge in [0.15, 0.2) is 0 Å². The fraction of sp³-hybridized carbons (Fsp3) is 1.00. The van der Waals surface area contributed by atoms with E-state index in [0.717, 1.165) is 38.7 Å². The summed E-state index contributed by atoms with van der Waals surface area (Å²) in [6, 6.07) is 0.798. The highest BCUT2D eigenvalue weighted by atomic mass is 28.4. The van der Waals surface area contributed by atoms with Crippen molar-refractivity contribution in [3.05, 3.63) is 0 Å². The van der Waals surface area contributed by atoms with Gasteiger partial charge >= 0.3 is 8.80 Å². The second-order valence-corrected chi connectivity index (χ2v) is 8.76. The first kappa shape index (κ1) is 20.1. The van der Waals surface area contributed by atoms with Crippen LogP contribution in [0.4, 0.5) is 0 Å². The van der Waals surface area contributed by atoms with E-state index in [2.05, 4.69) is 13.8 Å². The quantitative estimate of drug-likeness (QED) is 0.484. The summed E-state index contributed by atoms with van der Waals surface area (Å²) in [5, 5.41) is 0. The Bertz CT molecular complexity index is 279. The van der Waals surface area contributed by atoms with Gasteiger partial charge in [0.1, 0.15) is 0 Å². The minimum atomic E-state index is -2.59. The van der Waals surface area contributed by atoms with Crippen LogP contribution in [-0.2, 0) is 22.8 Å². The number of ether oxygens (including phenoxy) is 2. The molecule has 0 aliphatic carbocycles. The van der Waals surface area contributed by atoms with E-state index in [1.165, 1.54) is 0 Å². The molecular weight excluding hydrogens is 300 g/mol. The molecule has 5 nitrogen and oxygen atoms in total. The molecule has 1 unspecified atom stereocenters. The van der Waals surface area contributed by atoms with Crippen molar-refractivity contribution in [2.45, 2.75) is 59.6 Å². The Kier molecular flexibility index (Phi) is 9.12. The van der Waals surface area contributed by atoms with Crippen LogP contribution in [0, 0.1) is 5.41 Å². The zero-order valence-electron chi connectivity index (χ0n) is 15.0. The molecule has 1 fully saturated rings. The molecule has 6 heteroatoms. The maximum Gasteiger partial charge on any atom is 0.501 e. The highest BCUT2D eigenvalue weighted by Crippen LogP contribution is 2.36. The molecule has 1 atom stereocenters. The minimum absolute atomic E-state index is 0.111. The van der Waals surface area contributed by atoms with Crippen LogP contribution < -0.4 is 0 Å². The number of hydrogen-bond acceptors (Lipinski definition) is 5. The average Bonchev–Trinajstić information content (AvgIpc) is 2.46. The highest BCUT2D eigenvalue weighted by molar-refractivity contribution is 6.60. The lowest BCUT2D eigenvalue weighted by Gasteiger charge is -2.44. The maximum atomic E-state index is 6.10. The van der Waals surface area contributed by atoms with Gasteiger partial charge in [-0.05, 0) is 33.6 Å². The van der Waals surface area contributed by atoms with E-state index in [0.29, 0.717) is 19.8 Å². The fourth-order valence-corrected chi connectivity index (χ4v) is 5.43. The Hall–Kier alpha value is 0.0169. The predicted molar refractivity (Wildman–Crippen MR) is 89.0 cm³/mol. The third kappa shape index (κ3) is 5.58. The molecule has 1 saturated heterocycles. The van der Waals surface area contributed by atoms with Crippen molar-refractivity contribution in [2.75, 3.05) is 39.6 Å². The molecule has 0 radical (unpaired) electrons. The maximum absolute atomic E-state index is 6.10. The topological polar surface area (TPSA) is 46.2 Å². The minimum Gasteiger partial charge on any atom is -0.380 e. The van der Waals surface area contributed by atoms with Gasteiger partial charge in [-0.15, -0.1) is 0 Å². The Labute approximate surface area is 137 Å². The number of rotatable bonds is 13. The molecule has 0 aromatic heterocycles. The van der Waals surface area contributed by atoms with Crippen molar-refractivity contribution in [3.8, 4) is 0 Å². The first-order valence-corrected chi connectivity index (χ1v) is 10.6. The second-order valence-electron chi connectivity index (χ2n) is 6.03. The Balaban J connectivity index is 2.68. The van der Waals surface area contributed by atoms with E-state index < -0.39 is 8.80 Å². The molecule has 1 aliphatic rings. The molecule has 0 N–H and O–H groups in total. The SMILES string of the molecule is CCCOC(CC[Si](OCC)(OCC)OCC)C1(C)COC1. The van der Waals surface area contributed by atoms with Crippen LogP contribution in [0.15, 0.2) is 0 Å². The summed E-state index contributed by atoms with van der Waals surface area (Å²) in [5.74, 6) is 0. The van der Waals surface area contributed by atoms with Gasteiger partial charge in [0.2, 0.25) is 0 Å². The largest absolute Gasteiger partial charge is 0.501 e. The predicted octanol–water partition coefficient (Wildman–Crippen LogP) is 3.26. The van der Waals surface area contributed by atoms with Crippen LogP contribution in [0.1, 0.15) is 47.5 Å². The molecule has 0 amide bonds. The van der Waals surface area contributed by atoms with Gasteiger partial charge in [0, 0.05) is 37.9 Å². The molecule has 0 spiro atoms. The van der Waals surface area contributed by atoms with Gasteiger partial charge in [0.25, 0.3) is 0 Å². The first-order valence-electron chi connectivity index (χ1n) is 8.67. The van der Waals surface area contributed by atoms with Crippen molar-refractivity contribution in [3.63, 3.8) is 0 Å². The Morgan fingerprint density at radius 1 is 1.00 bits per heavy atom. The zero-order chi connectivity index (χ0) is 16.5. The van der Waals surface area contributed by atoms with E-state index in [1.807, 2.05) is 20.8 Å². The van der Waals surface area contributed by atoms with E-state index >= 15 is 0 Å². The monoisotopic (exact) mass is 334 g/mol. The van der Waals surface area contributed by atoms with Crippen molar-refractivity contribution in [1.29, 1.82) is 0 Å². The normalized spacial score (nSPS) is 19.0. The molecule has 1 rings (SSSR count). The summed E-state index contributed by atoms with van der Waals surface area (Å²) in [6.45, 7) is 14.5. The van der Waals surface area contributed by atoms with Crippen LogP contribution >= 0.6 is 0 Å². The van der Waals surface area contributed by atoms with Crippen LogP contribution in [0.5, 0.6) is 0 Å². The molecule has 132 valence electrons. The van der Waals surface area contributed by atoms with E-state index in [4.69, 9.17) is 22.8 Å². The van der Waals surface area contributed by atoms with Crippen LogP contribution in [0.25, 0.3) is 0 Å². The second kappa shape index (κ2) is 10.0. The van der Waals surface area contributed by atoms with Gasteiger partial charge in [-0.25, -0.2) is 0 Å². The standard InChI is InChI=1S/C16H34O5Si/c1-6-11-18-15(16(5)13-17-14-16)10-12-22(19-7-2,20-8-3)21-9-4/h15H,6-14H2,1-5H3. The Morgan fingerprint density at radius 2 is 1.55 bits per heavy atom. The summed E-state index contributed by atoms with van der Waals surface area (Å²) < 4.78 is 29.3. The average molecular weight is 335 g/mol. The summed E-state index contributed by atoms with van der Waals surface area (Å²) in [4.78, 5) is 0. The molecular formula is C16H34O5Si. The first-order chi connectivity index (χ1) is 10.6. The van der Waals surface area contributed by atoms with Crippen LogP contribution in [0.3, 0.4) is 0 Å². The molecule has 1 heterocycles. The molecule has 1 aliphatic heterocycles. The molecule has 0 bridgehead atoms. The van der Waals surface area contributed by atoms with E-state index in [9.17, 15) is 0 Å². The highest BCUT2D eigenvalue weighted by Gasteiger charge is 2.46. The summed E-state index contributed by atoms with van der Waals surface area (Å²) >= 11 is 0.